The molecule has 0 N–H and O–H groups in total. The Bertz CT molecular complexity index is 966. The van der Waals surface area contributed by atoms with Crippen molar-refractivity contribution in [1.29, 1.82) is 0 Å². The van der Waals surface area contributed by atoms with E-state index in [0.717, 1.165) is 40.5 Å². The highest BCUT2D eigenvalue weighted by Gasteiger charge is 2.20. The van der Waals surface area contributed by atoms with Gasteiger partial charge in [-0.1, -0.05) is 48.1 Å². The molecule has 1 heterocycles. The van der Waals surface area contributed by atoms with Crippen LogP contribution in [0.2, 0.25) is 0 Å². The Morgan fingerprint density at radius 3 is 2.57 bits per heavy atom. The van der Waals surface area contributed by atoms with Crippen LogP contribution < -0.4 is 4.90 Å². The molecule has 0 saturated heterocycles. The van der Waals surface area contributed by atoms with E-state index in [1.807, 2.05) is 30.8 Å². The number of amides is 1. The van der Waals surface area contributed by atoms with Crippen LogP contribution in [-0.2, 0) is 11.2 Å². The van der Waals surface area contributed by atoms with Gasteiger partial charge in [0.15, 0.2) is 5.13 Å². The van der Waals surface area contributed by atoms with Crippen molar-refractivity contribution in [3.05, 3.63) is 53.6 Å². The Balaban J connectivity index is 1.66. The monoisotopic (exact) mass is 441 g/mol. The predicted octanol–water partition coefficient (Wildman–Crippen LogP) is 5.63. The van der Waals surface area contributed by atoms with Crippen molar-refractivity contribution in [2.24, 2.45) is 0 Å². The van der Waals surface area contributed by atoms with E-state index in [2.05, 4.69) is 61.2 Å². The number of para-hydroxylation sites is 1. The molecule has 160 valence electrons. The summed E-state index contributed by atoms with van der Waals surface area (Å²) >= 11 is 3.44. The Morgan fingerprint density at radius 2 is 1.87 bits per heavy atom. The zero-order valence-electron chi connectivity index (χ0n) is 18.4. The number of hydrogen-bond acceptors (Lipinski definition) is 5. The van der Waals surface area contributed by atoms with Crippen molar-refractivity contribution in [2.45, 2.75) is 38.0 Å². The first kappa shape index (κ1) is 22.8. The van der Waals surface area contributed by atoms with Crippen LogP contribution in [0, 0.1) is 6.92 Å². The molecular weight excluding hydrogens is 410 g/mol. The maximum absolute atomic E-state index is 13.1. The second kappa shape index (κ2) is 10.9. The second-order valence-corrected chi connectivity index (χ2v) is 9.91. The first-order valence-corrected chi connectivity index (χ1v) is 12.3. The Kier molecular flexibility index (Phi) is 8.31. The van der Waals surface area contributed by atoms with Gasteiger partial charge in [-0.05, 0) is 63.4 Å². The topological polar surface area (TPSA) is 36.4 Å². The molecule has 1 amide bonds. The number of carbonyl (C=O) groups is 1. The zero-order valence-corrected chi connectivity index (χ0v) is 20.0. The molecule has 30 heavy (non-hydrogen) atoms. The van der Waals surface area contributed by atoms with Crippen molar-refractivity contribution < 1.29 is 4.79 Å². The summed E-state index contributed by atoms with van der Waals surface area (Å²) in [4.78, 5) is 23.2. The van der Waals surface area contributed by atoms with Crippen LogP contribution in [0.1, 0.15) is 30.9 Å². The highest BCUT2D eigenvalue weighted by Crippen LogP contribution is 2.31. The molecule has 6 heteroatoms. The lowest BCUT2D eigenvalue weighted by atomic mass is 10.1. The molecule has 3 rings (SSSR count). The number of thioether (sulfide) groups is 1. The summed E-state index contributed by atoms with van der Waals surface area (Å²) in [7, 11) is 4.07. The van der Waals surface area contributed by atoms with Gasteiger partial charge in [-0.25, -0.2) is 4.98 Å². The summed E-state index contributed by atoms with van der Waals surface area (Å²) in [6, 6.07) is 14.9. The minimum absolute atomic E-state index is 0.165. The van der Waals surface area contributed by atoms with E-state index in [1.54, 1.807) is 11.3 Å². The SMILES string of the molecule is CCc1cccc2sc(N(CCN(C)C)C(=O)CCCSc3ccc(C)cc3)nc12. The first-order chi connectivity index (χ1) is 14.5. The quantitative estimate of drug-likeness (QED) is 0.302. The molecule has 4 nitrogen and oxygen atoms in total. The summed E-state index contributed by atoms with van der Waals surface area (Å²) in [5, 5.41) is 0.823. The van der Waals surface area contributed by atoms with E-state index in [4.69, 9.17) is 4.98 Å². The summed E-state index contributed by atoms with van der Waals surface area (Å²) in [5.41, 5.74) is 3.55. The van der Waals surface area contributed by atoms with E-state index in [-0.39, 0.29) is 5.91 Å². The predicted molar refractivity (Wildman–Crippen MR) is 131 cm³/mol. The van der Waals surface area contributed by atoms with E-state index < -0.39 is 0 Å². The standard InChI is InChI=1S/C24H31N3OS2/c1-5-19-8-6-9-21-23(19)25-24(30-21)27(16-15-26(3)4)22(28)10-7-17-29-20-13-11-18(2)12-14-20/h6,8-9,11-14H,5,7,10,15-17H2,1-4H3. The number of thiazole rings is 1. The second-order valence-electron chi connectivity index (χ2n) is 7.73. The lowest BCUT2D eigenvalue weighted by molar-refractivity contribution is -0.118. The third kappa shape index (κ3) is 6.06. The minimum atomic E-state index is 0.165. The Labute approximate surface area is 188 Å². The van der Waals surface area contributed by atoms with E-state index in [0.29, 0.717) is 13.0 Å². The third-order valence-corrected chi connectivity index (χ3v) is 7.14. The molecular formula is C24H31N3OS2. The number of carbonyl (C=O) groups excluding carboxylic acids is 1. The molecule has 0 atom stereocenters. The fraction of sp³-hybridized carbons (Fsp3) is 0.417. The Hall–Kier alpha value is -1.89. The average Bonchev–Trinajstić information content (AvgIpc) is 3.16. The maximum Gasteiger partial charge on any atom is 0.228 e. The number of likely N-dealkylation sites (N-methyl/N-ethyl adjacent to an activating group) is 1. The van der Waals surface area contributed by atoms with Crippen molar-refractivity contribution in [2.75, 3.05) is 37.8 Å². The summed E-state index contributed by atoms with van der Waals surface area (Å²) in [5.74, 6) is 1.11. The van der Waals surface area contributed by atoms with E-state index in [1.165, 1.54) is 16.0 Å². The number of rotatable bonds is 10. The van der Waals surface area contributed by atoms with Crippen LogP contribution in [0.5, 0.6) is 0 Å². The molecule has 0 bridgehead atoms. The molecule has 0 spiro atoms. The molecule has 0 fully saturated rings. The van der Waals surface area contributed by atoms with E-state index >= 15 is 0 Å². The molecule has 0 saturated carbocycles. The molecule has 3 aromatic rings. The highest BCUT2D eigenvalue weighted by molar-refractivity contribution is 7.99. The van der Waals surface area contributed by atoms with Crippen molar-refractivity contribution in [3.8, 4) is 0 Å². The number of nitrogens with zero attached hydrogens (tertiary/aromatic N) is 3. The molecule has 0 aliphatic rings. The van der Waals surface area contributed by atoms with Crippen molar-refractivity contribution >= 4 is 44.4 Å². The van der Waals surface area contributed by atoms with Gasteiger partial charge in [-0.2, -0.15) is 0 Å². The van der Waals surface area contributed by atoms with Gasteiger partial charge in [0.25, 0.3) is 0 Å². The minimum Gasteiger partial charge on any atom is -0.308 e. The van der Waals surface area contributed by atoms with Crippen LogP contribution >= 0.6 is 23.1 Å². The van der Waals surface area contributed by atoms with Gasteiger partial charge in [0.05, 0.1) is 10.2 Å². The molecule has 2 aromatic carbocycles. The number of anilines is 1. The molecule has 0 unspecified atom stereocenters. The molecule has 0 aliphatic carbocycles. The van der Waals surface area contributed by atoms with Crippen LogP contribution in [0.15, 0.2) is 47.4 Å². The van der Waals surface area contributed by atoms with Crippen LogP contribution in [0.4, 0.5) is 5.13 Å². The first-order valence-electron chi connectivity index (χ1n) is 10.5. The maximum atomic E-state index is 13.1. The normalized spacial score (nSPS) is 11.4. The van der Waals surface area contributed by atoms with Gasteiger partial charge in [-0.3, -0.25) is 9.69 Å². The number of fused-ring (bicyclic) bond motifs is 1. The molecule has 0 radical (unpaired) electrons. The average molecular weight is 442 g/mol. The lowest BCUT2D eigenvalue weighted by Gasteiger charge is -2.22. The molecule has 1 aromatic heterocycles. The number of aryl methyl sites for hydroxylation is 2. The summed E-state index contributed by atoms with van der Waals surface area (Å²) < 4.78 is 1.15. The van der Waals surface area contributed by atoms with E-state index in [9.17, 15) is 4.79 Å². The Morgan fingerprint density at radius 1 is 1.10 bits per heavy atom. The van der Waals surface area contributed by atoms with Gasteiger partial charge in [0.2, 0.25) is 5.91 Å². The third-order valence-electron chi connectivity index (χ3n) is 5.00. The van der Waals surface area contributed by atoms with Gasteiger partial charge in [-0.15, -0.1) is 11.8 Å². The number of benzene rings is 2. The lowest BCUT2D eigenvalue weighted by Crippen LogP contribution is -2.36. The number of hydrogen-bond donors (Lipinski definition) is 0. The van der Waals surface area contributed by atoms with Gasteiger partial charge in [0.1, 0.15) is 0 Å². The highest BCUT2D eigenvalue weighted by atomic mass is 32.2. The number of aromatic nitrogens is 1. The fourth-order valence-corrected chi connectivity index (χ4v) is 5.11. The zero-order chi connectivity index (χ0) is 21.5. The molecule has 0 aliphatic heterocycles. The van der Waals surface area contributed by atoms with Crippen LogP contribution in [0.25, 0.3) is 10.2 Å². The van der Waals surface area contributed by atoms with Crippen molar-refractivity contribution in [3.63, 3.8) is 0 Å². The fourth-order valence-electron chi connectivity index (χ4n) is 3.20. The van der Waals surface area contributed by atoms with Crippen LogP contribution in [0.3, 0.4) is 0 Å². The van der Waals surface area contributed by atoms with Gasteiger partial charge >= 0.3 is 0 Å². The van der Waals surface area contributed by atoms with Crippen LogP contribution in [-0.4, -0.2) is 48.7 Å². The van der Waals surface area contributed by atoms with Crippen molar-refractivity contribution in [1.82, 2.24) is 9.88 Å². The van der Waals surface area contributed by atoms with Gasteiger partial charge in [0, 0.05) is 24.4 Å². The summed E-state index contributed by atoms with van der Waals surface area (Å²) in [6.45, 7) is 5.73. The smallest absolute Gasteiger partial charge is 0.228 e. The van der Waals surface area contributed by atoms with Gasteiger partial charge < -0.3 is 4.90 Å². The largest absolute Gasteiger partial charge is 0.308 e. The summed E-state index contributed by atoms with van der Waals surface area (Å²) in [6.07, 6.45) is 2.35.